The molecule has 0 spiro atoms. The molecule has 0 saturated heterocycles. The lowest BCUT2D eigenvalue weighted by Gasteiger charge is -2.24. The molecule has 1 aliphatic heterocycles. The van der Waals surface area contributed by atoms with Crippen LogP contribution in [0.3, 0.4) is 0 Å². The Morgan fingerprint density at radius 1 is 1.50 bits per heavy atom. The van der Waals surface area contributed by atoms with Gasteiger partial charge in [0.2, 0.25) is 0 Å². The Morgan fingerprint density at radius 3 is 3.11 bits per heavy atom. The maximum absolute atomic E-state index is 4.72. The summed E-state index contributed by atoms with van der Waals surface area (Å²) in [7, 11) is 1.96. The summed E-state index contributed by atoms with van der Waals surface area (Å²) in [5, 5.41) is 12.4. The Labute approximate surface area is 107 Å². The van der Waals surface area contributed by atoms with Crippen molar-refractivity contribution in [3.63, 3.8) is 0 Å². The average Bonchev–Trinajstić information content (AvgIpc) is 2.94. The molecule has 0 bridgehead atoms. The third-order valence-electron chi connectivity index (χ3n) is 3.42. The van der Waals surface area contributed by atoms with Gasteiger partial charge in [0.15, 0.2) is 0 Å². The zero-order valence-corrected chi connectivity index (χ0v) is 10.9. The van der Waals surface area contributed by atoms with Gasteiger partial charge in [-0.05, 0) is 12.8 Å². The van der Waals surface area contributed by atoms with Crippen LogP contribution >= 0.6 is 0 Å². The Kier molecular flexibility index (Phi) is 2.81. The molecule has 0 fully saturated rings. The van der Waals surface area contributed by atoms with Crippen molar-refractivity contribution in [2.24, 2.45) is 7.05 Å². The number of rotatable bonds is 3. The summed E-state index contributed by atoms with van der Waals surface area (Å²) in [6.07, 6.45) is 7.27. The Morgan fingerprint density at radius 2 is 2.39 bits per heavy atom. The van der Waals surface area contributed by atoms with Gasteiger partial charge in [-0.15, -0.1) is 0 Å². The fraction of sp³-hybridized carbons (Fsp3) is 0.538. The minimum absolute atomic E-state index is 0.320. The maximum Gasteiger partial charge on any atom is 0.125 e. The molecule has 0 radical (unpaired) electrons. The van der Waals surface area contributed by atoms with Crippen molar-refractivity contribution >= 4 is 5.82 Å². The molecule has 0 amide bonds. The van der Waals surface area contributed by atoms with Crippen molar-refractivity contribution in [2.45, 2.75) is 32.2 Å². The zero-order valence-electron chi connectivity index (χ0n) is 10.9. The van der Waals surface area contributed by atoms with E-state index in [4.69, 9.17) is 5.10 Å². The van der Waals surface area contributed by atoms with E-state index in [-0.39, 0.29) is 0 Å². The summed E-state index contributed by atoms with van der Waals surface area (Å²) in [5.74, 6) is 1.14. The number of anilines is 1. The lowest BCUT2D eigenvalue weighted by atomic mass is 10.1. The zero-order chi connectivity index (χ0) is 12.5. The van der Waals surface area contributed by atoms with Crippen LogP contribution < -0.4 is 5.32 Å². The highest BCUT2D eigenvalue weighted by Crippen LogP contribution is 2.29. The Hall–Kier alpha value is -1.78. The number of fused-ring (bicyclic) bond motifs is 1. The number of hydrogen-bond acceptors (Lipinski definition) is 3. The lowest BCUT2D eigenvalue weighted by Crippen LogP contribution is -2.24. The monoisotopic (exact) mass is 245 g/mol. The first-order valence-electron chi connectivity index (χ1n) is 6.58. The highest BCUT2D eigenvalue weighted by Gasteiger charge is 2.23. The third kappa shape index (κ3) is 1.89. The molecule has 0 aromatic carbocycles. The third-order valence-corrected chi connectivity index (χ3v) is 3.42. The molecule has 0 aliphatic carbocycles. The minimum atomic E-state index is 0.320. The quantitative estimate of drug-likeness (QED) is 0.899. The van der Waals surface area contributed by atoms with Crippen LogP contribution in [-0.2, 0) is 13.5 Å². The second-order valence-electron chi connectivity index (χ2n) is 4.89. The molecule has 3 rings (SSSR count). The molecule has 5 nitrogen and oxygen atoms in total. The maximum atomic E-state index is 4.72. The standard InChI is InChI=1S/C13H19N5/c1-3-4-11-7-13-14-6-5-12(18(13)16-11)10-8-15-17(2)9-10/h7-9,12,14H,3-6H2,1-2H3. The number of aromatic nitrogens is 4. The van der Waals surface area contributed by atoms with Gasteiger partial charge in [-0.25, -0.2) is 4.68 Å². The average molecular weight is 245 g/mol. The van der Waals surface area contributed by atoms with Gasteiger partial charge in [0.05, 0.1) is 17.9 Å². The van der Waals surface area contributed by atoms with Crippen molar-refractivity contribution in [2.75, 3.05) is 11.9 Å². The summed E-state index contributed by atoms with van der Waals surface area (Å²) < 4.78 is 3.97. The van der Waals surface area contributed by atoms with Crippen LogP contribution in [0.15, 0.2) is 18.5 Å². The van der Waals surface area contributed by atoms with Gasteiger partial charge in [0, 0.05) is 31.4 Å². The number of hydrogen-bond donors (Lipinski definition) is 1. The first kappa shape index (κ1) is 11.3. The smallest absolute Gasteiger partial charge is 0.125 e. The number of nitrogens with one attached hydrogen (secondary N) is 1. The second-order valence-corrected chi connectivity index (χ2v) is 4.89. The minimum Gasteiger partial charge on any atom is -0.370 e. The first-order valence-corrected chi connectivity index (χ1v) is 6.58. The molecule has 18 heavy (non-hydrogen) atoms. The summed E-state index contributed by atoms with van der Waals surface area (Å²) in [6.45, 7) is 3.18. The fourth-order valence-electron chi connectivity index (χ4n) is 2.57. The molecule has 5 heteroatoms. The van der Waals surface area contributed by atoms with E-state index >= 15 is 0 Å². The fourth-order valence-corrected chi connectivity index (χ4v) is 2.57. The predicted molar refractivity (Wildman–Crippen MR) is 70.7 cm³/mol. The van der Waals surface area contributed by atoms with Crippen LogP contribution in [0.1, 0.15) is 37.1 Å². The lowest BCUT2D eigenvalue weighted by molar-refractivity contribution is 0.477. The number of aryl methyl sites for hydroxylation is 2. The van der Waals surface area contributed by atoms with E-state index in [1.165, 1.54) is 11.3 Å². The molecule has 1 unspecified atom stereocenters. The molecule has 2 aromatic heterocycles. The van der Waals surface area contributed by atoms with Crippen molar-refractivity contribution < 1.29 is 0 Å². The van der Waals surface area contributed by atoms with Crippen molar-refractivity contribution in [1.82, 2.24) is 19.6 Å². The van der Waals surface area contributed by atoms with Gasteiger partial charge in [-0.3, -0.25) is 4.68 Å². The van der Waals surface area contributed by atoms with Crippen LogP contribution in [0.5, 0.6) is 0 Å². The Balaban J connectivity index is 1.95. The van der Waals surface area contributed by atoms with Gasteiger partial charge >= 0.3 is 0 Å². The predicted octanol–water partition coefficient (Wildman–Crippen LogP) is 1.97. The van der Waals surface area contributed by atoms with E-state index in [1.54, 1.807) is 0 Å². The van der Waals surface area contributed by atoms with Crippen LogP contribution in [0.25, 0.3) is 0 Å². The van der Waals surface area contributed by atoms with Gasteiger partial charge in [0.1, 0.15) is 5.82 Å². The van der Waals surface area contributed by atoms with E-state index < -0.39 is 0 Å². The Bertz CT molecular complexity index is 539. The molecule has 96 valence electrons. The largest absolute Gasteiger partial charge is 0.370 e. The van der Waals surface area contributed by atoms with E-state index in [0.29, 0.717) is 6.04 Å². The topological polar surface area (TPSA) is 47.7 Å². The van der Waals surface area contributed by atoms with Gasteiger partial charge in [0.25, 0.3) is 0 Å². The van der Waals surface area contributed by atoms with Crippen molar-refractivity contribution in [3.8, 4) is 0 Å². The van der Waals surface area contributed by atoms with E-state index in [1.807, 2.05) is 17.9 Å². The van der Waals surface area contributed by atoms with Crippen molar-refractivity contribution in [1.29, 1.82) is 0 Å². The van der Waals surface area contributed by atoms with Gasteiger partial charge in [-0.1, -0.05) is 13.3 Å². The normalized spacial score (nSPS) is 18.4. The van der Waals surface area contributed by atoms with Gasteiger partial charge in [-0.2, -0.15) is 10.2 Å². The molecule has 1 N–H and O–H groups in total. The SMILES string of the molecule is CCCc1cc2n(n1)C(c1cnn(C)c1)CCN2. The van der Waals surface area contributed by atoms with E-state index in [2.05, 4.69) is 34.3 Å². The summed E-state index contributed by atoms with van der Waals surface area (Å²) >= 11 is 0. The molecule has 0 saturated carbocycles. The van der Waals surface area contributed by atoms with Crippen LogP contribution in [0, 0.1) is 0 Å². The summed E-state index contributed by atoms with van der Waals surface area (Å²) in [5.41, 5.74) is 2.42. The van der Waals surface area contributed by atoms with Crippen LogP contribution in [0.2, 0.25) is 0 Å². The molecular formula is C13H19N5. The van der Waals surface area contributed by atoms with Crippen LogP contribution in [-0.4, -0.2) is 26.1 Å². The molecular weight excluding hydrogens is 226 g/mol. The first-order chi connectivity index (χ1) is 8.78. The molecule has 1 atom stereocenters. The summed E-state index contributed by atoms with van der Waals surface area (Å²) in [4.78, 5) is 0. The van der Waals surface area contributed by atoms with Crippen LogP contribution in [0.4, 0.5) is 5.82 Å². The van der Waals surface area contributed by atoms with E-state index in [0.717, 1.165) is 31.6 Å². The highest BCUT2D eigenvalue weighted by molar-refractivity contribution is 5.41. The van der Waals surface area contributed by atoms with E-state index in [9.17, 15) is 0 Å². The van der Waals surface area contributed by atoms with Crippen molar-refractivity contribution in [3.05, 3.63) is 29.7 Å². The number of nitrogens with zero attached hydrogens (tertiary/aromatic N) is 4. The molecule has 1 aliphatic rings. The molecule has 2 aromatic rings. The summed E-state index contributed by atoms with van der Waals surface area (Å²) in [6, 6.07) is 2.49. The highest BCUT2D eigenvalue weighted by atomic mass is 15.4. The molecule has 3 heterocycles. The van der Waals surface area contributed by atoms with Gasteiger partial charge < -0.3 is 5.32 Å². The second kappa shape index (κ2) is 4.48.